The molecule has 0 unspecified atom stereocenters. The number of amides is 2. The topological polar surface area (TPSA) is 96.0 Å². The molecule has 2 aromatic heterocycles. The highest BCUT2D eigenvalue weighted by Gasteiger charge is 2.22. The van der Waals surface area contributed by atoms with Gasteiger partial charge in [0.25, 0.3) is 11.8 Å². The number of anilines is 1. The highest BCUT2D eigenvalue weighted by atomic mass is 35.5. The Morgan fingerprint density at radius 2 is 1.81 bits per heavy atom. The Labute approximate surface area is 202 Å². The van der Waals surface area contributed by atoms with Gasteiger partial charge in [-0.05, 0) is 57.3 Å². The van der Waals surface area contributed by atoms with Crippen molar-refractivity contribution < 1.29 is 9.59 Å². The zero-order valence-electron chi connectivity index (χ0n) is 17.3. The van der Waals surface area contributed by atoms with Gasteiger partial charge in [-0.2, -0.15) is 8.75 Å². The second-order valence-corrected chi connectivity index (χ2v) is 10.3. The maximum atomic E-state index is 12.7. The van der Waals surface area contributed by atoms with Gasteiger partial charge < -0.3 is 10.6 Å². The second-order valence-electron chi connectivity index (χ2n) is 8.01. The summed E-state index contributed by atoms with van der Waals surface area (Å²) in [6, 6.07) is 10.5. The molecule has 0 bridgehead atoms. The summed E-state index contributed by atoms with van der Waals surface area (Å²) in [6.07, 6.45) is 0. The molecule has 0 fully saturated rings. The van der Waals surface area contributed by atoms with Gasteiger partial charge in [0.15, 0.2) is 5.11 Å². The van der Waals surface area contributed by atoms with Crippen molar-refractivity contribution >= 4 is 90.6 Å². The Kier molecular flexibility index (Phi) is 6.13. The third-order valence-corrected chi connectivity index (χ3v) is 6.84. The molecule has 7 nitrogen and oxygen atoms in total. The standard InChI is InChI=1S/C21H18ClN5O2S3/c1-21(2,3)25-19(29)17-15(22)11-5-4-6-13(16(11)31-17)23-20(30)24-18(28)10-7-8-12-14(9-10)27-32-26-12/h4-9H,1-3H3,(H,25,29)(H2,23,24,28,30). The van der Waals surface area contributed by atoms with Crippen LogP contribution in [0.2, 0.25) is 5.02 Å². The number of nitrogens with one attached hydrogen (secondary N) is 3. The van der Waals surface area contributed by atoms with Gasteiger partial charge in [-0.1, -0.05) is 23.7 Å². The molecule has 164 valence electrons. The van der Waals surface area contributed by atoms with E-state index >= 15 is 0 Å². The number of benzene rings is 2. The largest absolute Gasteiger partial charge is 0.347 e. The van der Waals surface area contributed by atoms with Gasteiger partial charge in [0, 0.05) is 16.5 Å². The summed E-state index contributed by atoms with van der Waals surface area (Å²) in [7, 11) is 0. The van der Waals surface area contributed by atoms with Crippen LogP contribution in [0.4, 0.5) is 5.69 Å². The van der Waals surface area contributed by atoms with Crippen LogP contribution in [-0.2, 0) is 0 Å². The third-order valence-electron chi connectivity index (χ3n) is 4.34. The fourth-order valence-corrected chi connectivity index (χ4v) is 5.17. The Morgan fingerprint density at radius 3 is 2.56 bits per heavy atom. The number of thiocarbonyl (C=S) groups is 1. The number of halogens is 1. The first kappa shape index (κ1) is 22.5. The Morgan fingerprint density at radius 1 is 1.06 bits per heavy atom. The number of nitrogens with zero attached hydrogens (tertiary/aromatic N) is 2. The molecule has 0 saturated carbocycles. The minimum atomic E-state index is -0.388. The van der Waals surface area contributed by atoms with E-state index in [4.69, 9.17) is 23.8 Å². The minimum Gasteiger partial charge on any atom is -0.347 e. The van der Waals surface area contributed by atoms with E-state index in [1.54, 1.807) is 18.2 Å². The van der Waals surface area contributed by atoms with E-state index in [1.165, 1.54) is 11.3 Å². The van der Waals surface area contributed by atoms with Crippen LogP contribution in [0, 0.1) is 0 Å². The van der Waals surface area contributed by atoms with Gasteiger partial charge in [-0.3, -0.25) is 14.9 Å². The van der Waals surface area contributed by atoms with E-state index in [9.17, 15) is 9.59 Å². The number of fused-ring (bicyclic) bond motifs is 2. The highest BCUT2D eigenvalue weighted by molar-refractivity contribution is 7.80. The van der Waals surface area contributed by atoms with Crippen LogP contribution in [0.25, 0.3) is 21.1 Å². The molecule has 0 aliphatic heterocycles. The third kappa shape index (κ3) is 4.73. The molecule has 2 aromatic carbocycles. The van der Waals surface area contributed by atoms with Crippen molar-refractivity contribution in [3.63, 3.8) is 0 Å². The second kappa shape index (κ2) is 8.70. The van der Waals surface area contributed by atoms with Crippen molar-refractivity contribution in [1.82, 2.24) is 19.4 Å². The Bertz CT molecular complexity index is 1370. The summed E-state index contributed by atoms with van der Waals surface area (Å²) in [6.45, 7) is 5.72. The molecule has 0 radical (unpaired) electrons. The molecule has 0 aliphatic rings. The number of carbonyl (C=O) groups is 2. The molecule has 0 aliphatic carbocycles. The lowest BCUT2D eigenvalue weighted by Gasteiger charge is -2.19. The van der Waals surface area contributed by atoms with E-state index in [-0.39, 0.29) is 22.5 Å². The van der Waals surface area contributed by atoms with Crippen LogP contribution >= 0.6 is 46.9 Å². The van der Waals surface area contributed by atoms with E-state index in [2.05, 4.69) is 24.7 Å². The number of rotatable bonds is 3. The average molecular weight is 504 g/mol. The molecule has 0 spiro atoms. The van der Waals surface area contributed by atoms with Crippen molar-refractivity contribution in [1.29, 1.82) is 0 Å². The van der Waals surface area contributed by atoms with Crippen molar-refractivity contribution in [3.05, 3.63) is 51.9 Å². The van der Waals surface area contributed by atoms with E-state index in [0.29, 0.717) is 26.7 Å². The average Bonchev–Trinajstić information content (AvgIpc) is 3.31. The number of carbonyl (C=O) groups excluding carboxylic acids is 2. The quantitative estimate of drug-likeness (QED) is 0.332. The molecule has 2 heterocycles. The van der Waals surface area contributed by atoms with Gasteiger partial charge in [-0.25, -0.2) is 0 Å². The van der Waals surface area contributed by atoms with Crippen LogP contribution in [0.15, 0.2) is 36.4 Å². The lowest BCUT2D eigenvalue weighted by Crippen LogP contribution is -2.40. The normalized spacial score (nSPS) is 11.5. The fourth-order valence-electron chi connectivity index (χ4n) is 2.98. The molecule has 32 heavy (non-hydrogen) atoms. The predicted molar refractivity (Wildman–Crippen MR) is 135 cm³/mol. The number of aromatic nitrogens is 2. The molecule has 0 atom stereocenters. The Hall–Kier alpha value is -2.66. The van der Waals surface area contributed by atoms with Gasteiger partial charge in [-0.15, -0.1) is 11.3 Å². The Balaban J connectivity index is 1.54. The summed E-state index contributed by atoms with van der Waals surface area (Å²) in [4.78, 5) is 25.7. The van der Waals surface area contributed by atoms with E-state index in [1.807, 2.05) is 39.0 Å². The molecule has 4 rings (SSSR count). The lowest BCUT2D eigenvalue weighted by atomic mass is 10.1. The number of hydrogen-bond donors (Lipinski definition) is 3. The van der Waals surface area contributed by atoms with Crippen molar-refractivity contribution in [2.45, 2.75) is 26.3 Å². The zero-order chi connectivity index (χ0) is 23.0. The van der Waals surface area contributed by atoms with E-state index in [0.717, 1.165) is 27.3 Å². The predicted octanol–water partition coefficient (Wildman–Crippen LogP) is 5.21. The monoisotopic (exact) mass is 503 g/mol. The van der Waals surface area contributed by atoms with E-state index < -0.39 is 0 Å². The molecule has 2 amide bonds. The maximum Gasteiger partial charge on any atom is 0.263 e. The van der Waals surface area contributed by atoms with Crippen molar-refractivity contribution in [2.24, 2.45) is 0 Å². The molecule has 4 aromatic rings. The molecule has 11 heteroatoms. The summed E-state index contributed by atoms with van der Waals surface area (Å²) in [5, 5.41) is 9.88. The minimum absolute atomic E-state index is 0.129. The molecular weight excluding hydrogens is 486 g/mol. The first-order chi connectivity index (χ1) is 15.1. The van der Waals surface area contributed by atoms with Gasteiger partial charge in [0.2, 0.25) is 0 Å². The summed E-state index contributed by atoms with van der Waals surface area (Å²) in [5.74, 6) is -0.600. The van der Waals surface area contributed by atoms with Gasteiger partial charge >= 0.3 is 0 Å². The van der Waals surface area contributed by atoms with Crippen LogP contribution in [0.1, 0.15) is 40.8 Å². The van der Waals surface area contributed by atoms with Crippen LogP contribution in [0.3, 0.4) is 0 Å². The smallest absolute Gasteiger partial charge is 0.263 e. The first-order valence-electron chi connectivity index (χ1n) is 9.50. The fraction of sp³-hybridized carbons (Fsp3) is 0.190. The number of thiophene rings is 1. The summed E-state index contributed by atoms with van der Waals surface area (Å²) < 4.78 is 9.04. The molecule has 0 saturated heterocycles. The first-order valence-corrected chi connectivity index (χ1v) is 11.8. The highest BCUT2D eigenvalue weighted by Crippen LogP contribution is 2.39. The zero-order valence-corrected chi connectivity index (χ0v) is 20.5. The maximum absolute atomic E-state index is 12.7. The SMILES string of the molecule is CC(C)(C)NC(=O)c1sc2c(NC(=S)NC(=O)c3ccc4nsnc4c3)cccc2c1Cl. The van der Waals surface area contributed by atoms with Crippen LogP contribution < -0.4 is 16.0 Å². The van der Waals surface area contributed by atoms with Gasteiger partial charge in [0.1, 0.15) is 15.9 Å². The summed E-state index contributed by atoms with van der Waals surface area (Å²) >= 11 is 14.2. The molecular formula is C21H18ClN5O2S3. The van der Waals surface area contributed by atoms with Gasteiger partial charge in [0.05, 0.1) is 27.1 Å². The van der Waals surface area contributed by atoms with Crippen LogP contribution in [0.5, 0.6) is 0 Å². The van der Waals surface area contributed by atoms with Crippen molar-refractivity contribution in [2.75, 3.05) is 5.32 Å². The number of hydrogen-bond acceptors (Lipinski definition) is 7. The van der Waals surface area contributed by atoms with Crippen LogP contribution in [-0.4, -0.2) is 31.2 Å². The summed E-state index contributed by atoms with van der Waals surface area (Å²) in [5.41, 5.74) is 2.07. The molecule has 3 N–H and O–H groups in total. The van der Waals surface area contributed by atoms with Crippen molar-refractivity contribution in [3.8, 4) is 0 Å². The lowest BCUT2D eigenvalue weighted by molar-refractivity contribution is 0.0922.